The van der Waals surface area contributed by atoms with Crippen LogP contribution in [0.25, 0.3) is 10.2 Å². The van der Waals surface area contributed by atoms with Crippen LogP contribution in [0.3, 0.4) is 0 Å². The summed E-state index contributed by atoms with van der Waals surface area (Å²) in [5.74, 6) is 0.530. The van der Waals surface area contributed by atoms with Gasteiger partial charge in [-0.25, -0.2) is 9.97 Å². The number of nitriles is 1. The number of imidazole rings is 1. The Morgan fingerprint density at radius 2 is 2.10 bits per heavy atom. The lowest BCUT2D eigenvalue weighted by Crippen LogP contribution is -2.32. The van der Waals surface area contributed by atoms with Crippen molar-refractivity contribution in [1.82, 2.24) is 14.5 Å². The Hall–Kier alpha value is -3.70. The molecule has 2 aromatic heterocycles. The summed E-state index contributed by atoms with van der Waals surface area (Å²) in [5.41, 5.74) is 1.78. The summed E-state index contributed by atoms with van der Waals surface area (Å²) in [7, 11) is 1.61. The molecule has 8 heteroatoms. The van der Waals surface area contributed by atoms with Gasteiger partial charge in [-0.3, -0.25) is 9.69 Å². The van der Waals surface area contributed by atoms with Crippen LogP contribution >= 0.6 is 11.3 Å². The molecule has 0 aliphatic rings. The molecule has 0 spiro atoms. The first-order chi connectivity index (χ1) is 14.7. The normalized spacial score (nSPS) is 10.7. The molecule has 0 bridgehead atoms. The fourth-order valence-electron chi connectivity index (χ4n) is 3.15. The van der Waals surface area contributed by atoms with Crippen LogP contribution in [0.15, 0.2) is 61.2 Å². The maximum absolute atomic E-state index is 13.3. The molecule has 30 heavy (non-hydrogen) atoms. The second-order valence-corrected chi connectivity index (χ2v) is 7.61. The van der Waals surface area contributed by atoms with Gasteiger partial charge in [0.1, 0.15) is 11.3 Å². The molecular formula is C22H19N5O2S. The number of aryl methyl sites for hydroxylation is 1. The third-order valence-electron chi connectivity index (χ3n) is 4.68. The number of ether oxygens (including phenoxy) is 1. The number of aromatic nitrogens is 3. The topological polar surface area (TPSA) is 84.0 Å². The molecular weight excluding hydrogens is 398 g/mol. The molecule has 1 amide bonds. The van der Waals surface area contributed by atoms with E-state index in [1.165, 1.54) is 11.3 Å². The zero-order valence-electron chi connectivity index (χ0n) is 16.4. The summed E-state index contributed by atoms with van der Waals surface area (Å²) in [4.78, 5) is 23.8. The van der Waals surface area contributed by atoms with Gasteiger partial charge >= 0.3 is 0 Å². The minimum Gasteiger partial charge on any atom is -0.494 e. The summed E-state index contributed by atoms with van der Waals surface area (Å²) in [5, 5.41) is 9.64. The number of anilines is 1. The Balaban J connectivity index is 1.65. The number of benzene rings is 2. The van der Waals surface area contributed by atoms with Crippen molar-refractivity contribution < 1.29 is 9.53 Å². The lowest BCUT2D eigenvalue weighted by Gasteiger charge is -2.20. The van der Waals surface area contributed by atoms with Gasteiger partial charge < -0.3 is 9.30 Å². The van der Waals surface area contributed by atoms with Gasteiger partial charge in [-0.05, 0) is 42.8 Å². The van der Waals surface area contributed by atoms with Crippen molar-refractivity contribution in [2.45, 2.75) is 13.0 Å². The zero-order chi connectivity index (χ0) is 20.9. The van der Waals surface area contributed by atoms with Crippen LogP contribution in [0.5, 0.6) is 5.75 Å². The number of para-hydroxylation sites is 1. The molecule has 0 atom stereocenters. The van der Waals surface area contributed by atoms with Crippen molar-refractivity contribution in [3.63, 3.8) is 0 Å². The van der Waals surface area contributed by atoms with Crippen molar-refractivity contribution in [1.29, 1.82) is 5.26 Å². The average molecular weight is 417 g/mol. The minimum atomic E-state index is -0.150. The van der Waals surface area contributed by atoms with Crippen LogP contribution in [0.2, 0.25) is 0 Å². The minimum absolute atomic E-state index is 0.150. The summed E-state index contributed by atoms with van der Waals surface area (Å²) in [6.07, 6.45) is 6.13. The highest BCUT2D eigenvalue weighted by Gasteiger charge is 2.22. The Morgan fingerprint density at radius 1 is 1.27 bits per heavy atom. The van der Waals surface area contributed by atoms with E-state index in [4.69, 9.17) is 15.0 Å². The van der Waals surface area contributed by atoms with E-state index in [9.17, 15) is 4.79 Å². The number of amides is 1. The van der Waals surface area contributed by atoms with Gasteiger partial charge in [0.2, 0.25) is 0 Å². The number of carbonyl (C=O) groups excluding carboxylic acids is 1. The van der Waals surface area contributed by atoms with E-state index in [-0.39, 0.29) is 5.91 Å². The maximum atomic E-state index is 13.3. The van der Waals surface area contributed by atoms with Gasteiger partial charge in [0.25, 0.3) is 5.91 Å². The SMILES string of the molecule is COc1cccc2sc(N(CCCn3ccnc3)C(=O)c3ccc(C#N)cc3)nc12. The average Bonchev–Trinajstić information content (AvgIpc) is 3.46. The molecule has 0 radical (unpaired) electrons. The molecule has 4 aromatic rings. The standard InChI is InChI=1S/C22H19N5O2S/c1-29-18-4-2-5-19-20(18)25-22(30-19)27(12-3-11-26-13-10-24-15-26)21(28)17-8-6-16(14-23)7-9-17/h2,4-10,13,15H,3,11-12H2,1H3. The highest BCUT2D eigenvalue weighted by atomic mass is 32.1. The third-order valence-corrected chi connectivity index (χ3v) is 5.73. The molecule has 150 valence electrons. The van der Waals surface area contributed by atoms with Crippen LogP contribution in [-0.4, -0.2) is 34.1 Å². The summed E-state index contributed by atoms with van der Waals surface area (Å²) >= 11 is 1.46. The van der Waals surface area contributed by atoms with Crippen molar-refractivity contribution in [2.24, 2.45) is 0 Å². The van der Waals surface area contributed by atoms with Gasteiger partial charge in [-0.2, -0.15) is 5.26 Å². The van der Waals surface area contributed by atoms with Crippen molar-refractivity contribution in [2.75, 3.05) is 18.6 Å². The number of hydrogen-bond donors (Lipinski definition) is 0. The fourth-order valence-corrected chi connectivity index (χ4v) is 4.16. The molecule has 0 saturated heterocycles. The number of methoxy groups -OCH3 is 1. The summed E-state index contributed by atoms with van der Waals surface area (Å²) < 4.78 is 8.35. The maximum Gasteiger partial charge on any atom is 0.260 e. The molecule has 0 fully saturated rings. The van der Waals surface area contributed by atoms with Crippen molar-refractivity contribution >= 4 is 32.6 Å². The molecule has 2 heterocycles. The summed E-state index contributed by atoms with van der Waals surface area (Å²) in [6, 6.07) is 14.5. The molecule has 0 aliphatic carbocycles. The number of hydrogen-bond acceptors (Lipinski definition) is 6. The Kier molecular flexibility index (Phi) is 5.72. The van der Waals surface area contributed by atoms with E-state index in [0.29, 0.717) is 28.6 Å². The van der Waals surface area contributed by atoms with Crippen LogP contribution < -0.4 is 9.64 Å². The zero-order valence-corrected chi connectivity index (χ0v) is 17.2. The van der Waals surface area contributed by atoms with E-state index in [0.717, 1.165) is 23.2 Å². The van der Waals surface area contributed by atoms with Gasteiger partial charge in [0, 0.05) is 31.0 Å². The Bertz CT molecular complexity index is 1190. The lowest BCUT2D eigenvalue weighted by atomic mass is 10.1. The van der Waals surface area contributed by atoms with E-state index in [2.05, 4.69) is 11.1 Å². The first-order valence-electron chi connectivity index (χ1n) is 9.41. The van der Waals surface area contributed by atoms with Gasteiger partial charge in [-0.15, -0.1) is 0 Å². The molecule has 4 rings (SSSR count). The Morgan fingerprint density at radius 3 is 2.80 bits per heavy atom. The molecule has 0 aliphatic heterocycles. The fraction of sp³-hybridized carbons (Fsp3) is 0.182. The van der Waals surface area contributed by atoms with Crippen molar-refractivity contribution in [3.8, 4) is 11.8 Å². The van der Waals surface area contributed by atoms with Crippen LogP contribution in [0.4, 0.5) is 5.13 Å². The lowest BCUT2D eigenvalue weighted by molar-refractivity contribution is 0.0986. The van der Waals surface area contributed by atoms with Gasteiger partial charge in [0.05, 0.1) is 29.8 Å². The van der Waals surface area contributed by atoms with E-state index >= 15 is 0 Å². The first kappa shape index (κ1) is 19.6. The summed E-state index contributed by atoms with van der Waals surface area (Å²) in [6.45, 7) is 1.24. The van der Waals surface area contributed by atoms with Gasteiger partial charge in [-0.1, -0.05) is 17.4 Å². The number of rotatable bonds is 7. The number of fused-ring (bicyclic) bond motifs is 1. The Labute approximate surface area is 177 Å². The molecule has 0 N–H and O–H groups in total. The number of nitrogens with zero attached hydrogens (tertiary/aromatic N) is 5. The second kappa shape index (κ2) is 8.76. The van der Waals surface area contributed by atoms with Crippen LogP contribution in [0, 0.1) is 11.3 Å². The predicted molar refractivity (Wildman–Crippen MR) is 116 cm³/mol. The largest absolute Gasteiger partial charge is 0.494 e. The molecule has 0 saturated carbocycles. The molecule has 0 unspecified atom stereocenters. The smallest absolute Gasteiger partial charge is 0.260 e. The van der Waals surface area contributed by atoms with Crippen molar-refractivity contribution in [3.05, 3.63) is 72.3 Å². The third kappa shape index (κ3) is 4.02. The highest BCUT2D eigenvalue weighted by molar-refractivity contribution is 7.22. The monoisotopic (exact) mass is 417 g/mol. The second-order valence-electron chi connectivity index (χ2n) is 6.60. The molecule has 7 nitrogen and oxygen atoms in total. The first-order valence-corrected chi connectivity index (χ1v) is 10.2. The van der Waals surface area contributed by atoms with E-state index < -0.39 is 0 Å². The van der Waals surface area contributed by atoms with E-state index in [1.807, 2.05) is 29.0 Å². The van der Waals surface area contributed by atoms with Crippen LogP contribution in [0.1, 0.15) is 22.3 Å². The van der Waals surface area contributed by atoms with E-state index in [1.54, 1.807) is 48.8 Å². The predicted octanol–water partition coefficient (Wildman–Crippen LogP) is 4.11. The highest BCUT2D eigenvalue weighted by Crippen LogP contribution is 2.34. The number of thiazole rings is 1. The number of carbonyl (C=O) groups is 1. The molecule has 2 aromatic carbocycles. The quantitative estimate of drug-likeness (QED) is 0.452. The van der Waals surface area contributed by atoms with Crippen LogP contribution in [-0.2, 0) is 6.54 Å². The van der Waals surface area contributed by atoms with Gasteiger partial charge in [0.15, 0.2) is 5.13 Å².